The Kier molecular flexibility index (Phi) is 3.82. The minimum atomic E-state index is 0.694. The normalized spacial score (nSPS) is 10.6. The first kappa shape index (κ1) is 12.8. The first-order valence-electron chi connectivity index (χ1n) is 5.88. The summed E-state index contributed by atoms with van der Waals surface area (Å²) in [5.74, 6) is 1.93. The number of likely N-dealkylation sites (N-methyl/N-ethyl adjacent to an activating group) is 1. The zero-order chi connectivity index (χ0) is 13.1. The molecule has 1 aromatic heterocycles. The van der Waals surface area contributed by atoms with Crippen molar-refractivity contribution in [2.45, 2.75) is 13.3 Å². The molecule has 18 heavy (non-hydrogen) atoms. The second kappa shape index (κ2) is 5.36. The van der Waals surface area contributed by atoms with Crippen LogP contribution in [0.1, 0.15) is 11.5 Å². The third-order valence-electron chi connectivity index (χ3n) is 2.89. The molecule has 0 atom stereocenters. The van der Waals surface area contributed by atoms with Crippen LogP contribution in [0.25, 0.3) is 0 Å². The van der Waals surface area contributed by atoms with Gasteiger partial charge in [-0.3, -0.25) is 0 Å². The minimum absolute atomic E-state index is 0.694. The first-order valence-corrected chi connectivity index (χ1v) is 6.25. The molecule has 2 N–H and O–H groups in total. The third-order valence-corrected chi connectivity index (χ3v) is 3.13. The van der Waals surface area contributed by atoms with Gasteiger partial charge in [0.1, 0.15) is 11.5 Å². The van der Waals surface area contributed by atoms with E-state index in [1.165, 1.54) is 0 Å². The summed E-state index contributed by atoms with van der Waals surface area (Å²) in [5, 5.41) is 0.694. The van der Waals surface area contributed by atoms with Crippen molar-refractivity contribution in [3.8, 4) is 0 Å². The van der Waals surface area contributed by atoms with Crippen molar-refractivity contribution in [2.75, 3.05) is 24.2 Å². The largest absolute Gasteiger partial charge is 0.466 e. The molecular formula is C14H17ClN2O. The quantitative estimate of drug-likeness (QED) is 0.860. The summed E-state index contributed by atoms with van der Waals surface area (Å²) in [6.45, 7) is 2.78. The number of nitrogen functional groups attached to an aromatic ring is 1. The second-order valence-corrected chi connectivity index (χ2v) is 4.82. The first-order chi connectivity index (χ1) is 8.56. The highest BCUT2D eigenvalue weighted by Gasteiger charge is 2.07. The lowest BCUT2D eigenvalue weighted by Crippen LogP contribution is -2.21. The molecule has 2 aromatic rings. The monoisotopic (exact) mass is 264 g/mol. The maximum Gasteiger partial charge on any atom is 0.105 e. The van der Waals surface area contributed by atoms with Gasteiger partial charge >= 0.3 is 0 Å². The van der Waals surface area contributed by atoms with Crippen LogP contribution in [-0.4, -0.2) is 13.6 Å². The van der Waals surface area contributed by atoms with Crippen LogP contribution in [0.5, 0.6) is 0 Å². The average Bonchev–Trinajstić information content (AvgIpc) is 2.75. The van der Waals surface area contributed by atoms with E-state index in [1.807, 2.05) is 38.2 Å². The Labute approximate surface area is 112 Å². The molecule has 0 radical (unpaired) electrons. The molecule has 0 aliphatic carbocycles. The molecule has 0 fully saturated rings. The fraction of sp³-hybridized carbons (Fsp3) is 0.286. The molecule has 96 valence electrons. The summed E-state index contributed by atoms with van der Waals surface area (Å²) in [5.41, 5.74) is 7.62. The zero-order valence-corrected chi connectivity index (χ0v) is 11.4. The summed E-state index contributed by atoms with van der Waals surface area (Å²) >= 11 is 5.98. The van der Waals surface area contributed by atoms with Gasteiger partial charge in [0, 0.05) is 25.0 Å². The van der Waals surface area contributed by atoms with Gasteiger partial charge in [-0.05, 0) is 37.3 Å². The Morgan fingerprint density at radius 3 is 2.72 bits per heavy atom. The topological polar surface area (TPSA) is 42.4 Å². The van der Waals surface area contributed by atoms with E-state index in [4.69, 9.17) is 21.8 Å². The Morgan fingerprint density at radius 2 is 2.06 bits per heavy atom. The van der Waals surface area contributed by atoms with Gasteiger partial charge in [0.25, 0.3) is 0 Å². The van der Waals surface area contributed by atoms with Gasteiger partial charge in [0.15, 0.2) is 0 Å². The van der Waals surface area contributed by atoms with Crippen LogP contribution in [0.3, 0.4) is 0 Å². The number of furan rings is 1. The van der Waals surface area contributed by atoms with Gasteiger partial charge in [0.2, 0.25) is 0 Å². The van der Waals surface area contributed by atoms with Crippen LogP contribution >= 0.6 is 11.6 Å². The van der Waals surface area contributed by atoms with E-state index in [1.54, 1.807) is 6.07 Å². The zero-order valence-electron chi connectivity index (χ0n) is 10.6. The van der Waals surface area contributed by atoms with E-state index >= 15 is 0 Å². The number of nitrogens with two attached hydrogens (primary N) is 1. The lowest BCUT2D eigenvalue weighted by molar-refractivity contribution is 0.483. The van der Waals surface area contributed by atoms with E-state index in [0.717, 1.165) is 35.9 Å². The van der Waals surface area contributed by atoms with E-state index in [-0.39, 0.29) is 0 Å². The van der Waals surface area contributed by atoms with Crippen molar-refractivity contribution in [3.05, 3.63) is 46.9 Å². The minimum Gasteiger partial charge on any atom is -0.466 e. The molecule has 1 aromatic carbocycles. The number of anilines is 2. The summed E-state index contributed by atoms with van der Waals surface area (Å²) in [6.07, 6.45) is 0.844. The second-order valence-electron chi connectivity index (χ2n) is 4.39. The standard InChI is InChI=1S/C14H17ClN2O/c1-10-3-5-12(18-10)7-8-17(2)14-9-11(15)4-6-13(14)16/h3-6,9H,7-8,16H2,1-2H3. The van der Waals surface area contributed by atoms with E-state index < -0.39 is 0 Å². The van der Waals surface area contributed by atoms with Crippen molar-refractivity contribution in [1.29, 1.82) is 0 Å². The predicted octanol–water partition coefficient (Wildman–Crippen LogP) is 3.50. The van der Waals surface area contributed by atoms with Gasteiger partial charge < -0.3 is 15.1 Å². The van der Waals surface area contributed by atoms with Crippen LogP contribution in [0, 0.1) is 6.92 Å². The molecule has 0 aliphatic rings. The Morgan fingerprint density at radius 1 is 1.28 bits per heavy atom. The fourth-order valence-corrected chi connectivity index (χ4v) is 2.03. The number of benzene rings is 1. The van der Waals surface area contributed by atoms with Crippen molar-refractivity contribution in [2.24, 2.45) is 0 Å². The van der Waals surface area contributed by atoms with E-state index in [0.29, 0.717) is 5.02 Å². The molecule has 0 spiro atoms. The molecule has 0 aliphatic heterocycles. The van der Waals surface area contributed by atoms with Gasteiger partial charge in [-0.25, -0.2) is 0 Å². The lowest BCUT2D eigenvalue weighted by atomic mass is 10.2. The average molecular weight is 265 g/mol. The summed E-state index contributed by atoms with van der Waals surface area (Å²) in [4.78, 5) is 2.08. The highest BCUT2D eigenvalue weighted by Crippen LogP contribution is 2.26. The van der Waals surface area contributed by atoms with Crippen molar-refractivity contribution in [1.82, 2.24) is 0 Å². The van der Waals surface area contributed by atoms with E-state index in [9.17, 15) is 0 Å². The number of rotatable bonds is 4. The predicted molar refractivity (Wildman–Crippen MR) is 76.3 cm³/mol. The molecule has 2 rings (SSSR count). The lowest BCUT2D eigenvalue weighted by Gasteiger charge is -2.20. The number of halogens is 1. The number of nitrogens with zero attached hydrogens (tertiary/aromatic N) is 1. The molecular weight excluding hydrogens is 248 g/mol. The highest BCUT2D eigenvalue weighted by atomic mass is 35.5. The van der Waals surface area contributed by atoms with Crippen LogP contribution in [0.4, 0.5) is 11.4 Å². The van der Waals surface area contributed by atoms with Crippen molar-refractivity contribution < 1.29 is 4.42 Å². The van der Waals surface area contributed by atoms with Crippen LogP contribution in [-0.2, 0) is 6.42 Å². The molecule has 0 saturated heterocycles. The van der Waals surface area contributed by atoms with Crippen LogP contribution in [0.15, 0.2) is 34.7 Å². The molecule has 0 amide bonds. The van der Waals surface area contributed by atoms with E-state index in [2.05, 4.69) is 4.90 Å². The summed E-state index contributed by atoms with van der Waals surface area (Å²) in [6, 6.07) is 9.48. The molecule has 0 saturated carbocycles. The maximum atomic E-state index is 5.98. The molecule has 4 heteroatoms. The SMILES string of the molecule is Cc1ccc(CCN(C)c2cc(Cl)ccc2N)o1. The van der Waals surface area contributed by atoms with Crippen molar-refractivity contribution in [3.63, 3.8) is 0 Å². The fourth-order valence-electron chi connectivity index (χ4n) is 1.87. The third kappa shape index (κ3) is 2.99. The highest BCUT2D eigenvalue weighted by molar-refractivity contribution is 6.31. The van der Waals surface area contributed by atoms with Crippen LogP contribution in [0.2, 0.25) is 5.02 Å². The molecule has 0 bridgehead atoms. The number of hydrogen-bond acceptors (Lipinski definition) is 3. The van der Waals surface area contributed by atoms with Gasteiger partial charge in [0.05, 0.1) is 11.4 Å². The Hall–Kier alpha value is -1.61. The van der Waals surface area contributed by atoms with Gasteiger partial charge in [-0.15, -0.1) is 0 Å². The molecule has 1 heterocycles. The van der Waals surface area contributed by atoms with Gasteiger partial charge in [-0.2, -0.15) is 0 Å². The number of hydrogen-bond donors (Lipinski definition) is 1. The molecule has 0 unspecified atom stereocenters. The maximum absolute atomic E-state index is 5.98. The molecule has 3 nitrogen and oxygen atoms in total. The van der Waals surface area contributed by atoms with Crippen molar-refractivity contribution >= 4 is 23.0 Å². The Bertz CT molecular complexity index is 536. The number of aryl methyl sites for hydroxylation is 1. The van der Waals surface area contributed by atoms with Crippen LogP contribution < -0.4 is 10.6 Å². The van der Waals surface area contributed by atoms with Gasteiger partial charge in [-0.1, -0.05) is 11.6 Å². The summed E-state index contributed by atoms with van der Waals surface area (Å²) in [7, 11) is 2.00. The smallest absolute Gasteiger partial charge is 0.105 e. The Balaban J connectivity index is 2.03. The summed E-state index contributed by atoms with van der Waals surface area (Å²) < 4.78 is 5.54.